The van der Waals surface area contributed by atoms with Crippen LogP contribution < -0.4 is 10.2 Å². The molecule has 6 heterocycles. The van der Waals surface area contributed by atoms with E-state index in [9.17, 15) is 0 Å². The van der Waals surface area contributed by atoms with E-state index in [2.05, 4.69) is 56.5 Å². The largest absolute Gasteiger partial charge is 0.348 e. The second kappa shape index (κ2) is 6.75. The average molecular weight is 454 g/mol. The molecule has 9 nitrogen and oxygen atoms in total. The summed E-state index contributed by atoms with van der Waals surface area (Å²) in [4.78, 5) is 18.3. The third-order valence-electron chi connectivity index (χ3n) is 6.57. The molecule has 2 bridgehead atoms. The minimum Gasteiger partial charge on any atom is -0.348 e. The highest BCUT2D eigenvalue weighted by atomic mass is 32.1. The molecule has 1 unspecified atom stereocenters. The number of rotatable bonds is 4. The lowest BCUT2D eigenvalue weighted by atomic mass is 9.84. The first-order chi connectivity index (χ1) is 14.9. The molecule has 2 aliphatic heterocycles. The number of fused-ring (bicyclic) bond motifs is 3. The Kier molecular flexibility index (Phi) is 4.18. The van der Waals surface area contributed by atoms with E-state index < -0.39 is 0 Å². The van der Waals surface area contributed by atoms with E-state index in [-0.39, 0.29) is 11.1 Å². The minimum atomic E-state index is 0.235. The lowest BCUT2D eigenvalue weighted by molar-refractivity contribution is 0.208. The van der Waals surface area contributed by atoms with E-state index in [0.717, 1.165) is 38.2 Å². The van der Waals surface area contributed by atoms with Gasteiger partial charge in [-0.3, -0.25) is 5.10 Å². The quantitative estimate of drug-likeness (QED) is 0.483. The summed E-state index contributed by atoms with van der Waals surface area (Å²) in [6.45, 7) is 4.72. The number of nitrogens with zero attached hydrogens (tertiary/aromatic N) is 7. The molecule has 2 N–H and O–H groups in total. The highest BCUT2D eigenvalue weighted by Crippen LogP contribution is 2.45. The van der Waals surface area contributed by atoms with Crippen molar-refractivity contribution in [3.8, 4) is 22.1 Å². The first-order valence-corrected chi connectivity index (χ1v) is 12.0. The van der Waals surface area contributed by atoms with Crippen LogP contribution in [0, 0.1) is 0 Å². The summed E-state index contributed by atoms with van der Waals surface area (Å²) < 4.78 is 0. The van der Waals surface area contributed by atoms with Crippen molar-refractivity contribution < 1.29 is 0 Å². The van der Waals surface area contributed by atoms with Gasteiger partial charge in [0, 0.05) is 35.9 Å². The molecular formula is C20H23N9S2. The predicted octanol–water partition coefficient (Wildman–Crippen LogP) is 3.49. The third-order valence-corrected chi connectivity index (χ3v) is 8.68. The first-order valence-electron chi connectivity index (χ1n) is 10.4. The SMILES string of the molecule is CN(c1nc2sc(-c3ncc(-c4cn[nH]c4)nn3)nc2s1)C1C[C@]2(C)CC[C@](C)(C1)N2. The zero-order valence-corrected chi connectivity index (χ0v) is 19.2. The maximum Gasteiger partial charge on any atom is 0.210 e. The summed E-state index contributed by atoms with van der Waals surface area (Å²) in [5.41, 5.74) is 2.00. The van der Waals surface area contributed by atoms with Crippen LogP contribution in [0.25, 0.3) is 31.8 Å². The number of H-pyrrole nitrogens is 1. The normalized spacial score (nSPS) is 27.8. The molecule has 11 heteroatoms. The molecule has 0 spiro atoms. The van der Waals surface area contributed by atoms with Crippen molar-refractivity contribution in [2.75, 3.05) is 11.9 Å². The van der Waals surface area contributed by atoms with Crippen molar-refractivity contribution >= 4 is 37.5 Å². The van der Waals surface area contributed by atoms with Crippen molar-refractivity contribution in [2.24, 2.45) is 0 Å². The van der Waals surface area contributed by atoms with E-state index in [1.807, 2.05) is 0 Å². The van der Waals surface area contributed by atoms with Crippen LogP contribution in [0.2, 0.25) is 0 Å². The molecular weight excluding hydrogens is 430 g/mol. The van der Waals surface area contributed by atoms with Crippen LogP contribution in [0.4, 0.5) is 5.13 Å². The van der Waals surface area contributed by atoms with Crippen LogP contribution in [-0.4, -0.2) is 59.5 Å². The second-order valence-corrected chi connectivity index (χ2v) is 11.1. The average Bonchev–Trinajstić information content (AvgIpc) is 3.50. The summed E-state index contributed by atoms with van der Waals surface area (Å²) in [6, 6.07) is 0.487. The maximum atomic E-state index is 4.90. The number of nitrogens with one attached hydrogen (secondary N) is 2. The van der Waals surface area contributed by atoms with Gasteiger partial charge >= 0.3 is 0 Å². The maximum absolute atomic E-state index is 4.90. The number of aromatic nitrogens is 7. The van der Waals surface area contributed by atoms with E-state index in [4.69, 9.17) is 9.97 Å². The molecule has 0 saturated carbocycles. The number of hydrogen-bond donors (Lipinski definition) is 2. The molecule has 2 aliphatic rings. The lowest BCUT2D eigenvalue weighted by Crippen LogP contribution is -2.58. The van der Waals surface area contributed by atoms with Crippen LogP contribution in [0.5, 0.6) is 0 Å². The van der Waals surface area contributed by atoms with Crippen molar-refractivity contribution in [2.45, 2.75) is 56.7 Å². The van der Waals surface area contributed by atoms with E-state index in [0.29, 0.717) is 17.6 Å². The van der Waals surface area contributed by atoms with Gasteiger partial charge in [-0.25, -0.2) is 15.0 Å². The Morgan fingerprint density at radius 2 is 1.81 bits per heavy atom. The van der Waals surface area contributed by atoms with Crippen LogP contribution in [0.1, 0.15) is 39.5 Å². The Hall–Kier alpha value is -2.50. The van der Waals surface area contributed by atoms with Crippen molar-refractivity contribution in [3.05, 3.63) is 18.6 Å². The fourth-order valence-electron chi connectivity index (χ4n) is 5.03. The van der Waals surface area contributed by atoms with Gasteiger partial charge in [-0.1, -0.05) is 22.7 Å². The molecule has 2 fully saturated rings. The van der Waals surface area contributed by atoms with Gasteiger partial charge in [0.1, 0.15) is 5.69 Å². The topological polar surface area (TPSA) is 108 Å². The molecule has 160 valence electrons. The zero-order chi connectivity index (χ0) is 21.2. The summed E-state index contributed by atoms with van der Waals surface area (Å²) >= 11 is 3.16. The number of anilines is 1. The summed E-state index contributed by atoms with van der Waals surface area (Å²) in [6.07, 6.45) is 9.95. The number of hydrogen-bond acceptors (Lipinski definition) is 10. The number of thiazole rings is 2. The summed E-state index contributed by atoms with van der Waals surface area (Å²) in [7, 11) is 2.17. The van der Waals surface area contributed by atoms with Gasteiger partial charge in [-0.15, -0.1) is 10.2 Å². The van der Waals surface area contributed by atoms with Gasteiger partial charge in [-0.05, 0) is 39.5 Å². The third kappa shape index (κ3) is 3.31. The molecule has 4 aromatic rings. The summed E-state index contributed by atoms with van der Waals surface area (Å²) in [5.74, 6) is 0.521. The van der Waals surface area contributed by atoms with Gasteiger partial charge < -0.3 is 10.2 Å². The van der Waals surface area contributed by atoms with Gasteiger partial charge in [0.2, 0.25) is 5.82 Å². The monoisotopic (exact) mass is 453 g/mol. The highest BCUT2D eigenvalue weighted by Gasteiger charge is 2.49. The fourth-order valence-corrected chi connectivity index (χ4v) is 7.04. The van der Waals surface area contributed by atoms with Gasteiger partial charge in [0.05, 0.1) is 12.4 Å². The molecule has 0 aliphatic carbocycles. The molecule has 4 aromatic heterocycles. The Bertz CT molecular complexity index is 1180. The van der Waals surface area contributed by atoms with E-state index in [1.165, 1.54) is 24.2 Å². The Labute approximate surface area is 187 Å². The molecule has 0 radical (unpaired) electrons. The zero-order valence-electron chi connectivity index (χ0n) is 17.6. The molecule has 2 saturated heterocycles. The standard InChI is InChI=1S/C20H23N9S2/c1-19-4-5-20(2,28-19)7-12(6-19)29(3)18-25-17-16(31-18)24-15(30-17)14-21-10-13(26-27-14)11-8-22-23-9-11/h8-10,12,28H,4-7H2,1-3H3,(H,22,23)/t12?,19-,20+. The smallest absolute Gasteiger partial charge is 0.210 e. The number of piperidine rings is 1. The van der Waals surface area contributed by atoms with Crippen LogP contribution in [0.3, 0.4) is 0 Å². The van der Waals surface area contributed by atoms with Gasteiger partial charge in [0.25, 0.3) is 0 Å². The first kappa shape index (κ1) is 19.2. The molecule has 6 rings (SSSR count). The molecule has 0 amide bonds. The summed E-state index contributed by atoms with van der Waals surface area (Å²) in [5, 5.41) is 20.8. The van der Waals surface area contributed by atoms with Crippen LogP contribution >= 0.6 is 22.7 Å². The van der Waals surface area contributed by atoms with Crippen molar-refractivity contribution in [3.63, 3.8) is 0 Å². The lowest BCUT2D eigenvalue weighted by Gasteiger charge is -2.45. The van der Waals surface area contributed by atoms with Crippen molar-refractivity contribution in [1.29, 1.82) is 0 Å². The molecule has 0 aromatic carbocycles. The van der Waals surface area contributed by atoms with Crippen LogP contribution in [0.15, 0.2) is 18.6 Å². The Morgan fingerprint density at radius 3 is 2.45 bits per heavy atom. The predicted molar refractivity (Wildman–Crippen MR) is 122 cm³/mol. The van der Waals surface area contributed by atoms with Crippen LogP contribution in [-0.2, 0) is 0 Å². The Balaban J connectivity index is 1.23. The molecule has 3 atom stereocenters. The number of aromatic amines is 1. The highest BCUT2D eigenvalue weighted by molar-refractivity contribution is 7.29. The van der Waals surface area contributed by atoms with E-state index in [1.54, 1.807) is 29.9 Å². The van der Waals surface area contributed by atoms with Gasteiger partial charge in [-0.2, -0.15) is 5.10 Å². The van der Waals surface area contributed by atoms with E-state index >= 15 is 0 Å². The molecule has 31 heavy (non-hydrogen) atoms. The van der Waals surface area contributed by atoms with Crippen molar-refractivity contribution in [1.82, 2.24) is 40.7 Å². The minimum absolute atomic E-state index is 0.235. The fraction of sp³-hybridized carbons (Fsp3) is 0.500. The second-order valence-electron chi connectivity index (χ2n) is 9.20. The van der Waals surface area contributed by atoms with Gasteiger partial charge in [0.15, 0.2) is 19.8 Å². The Morgan fingerprint density at radius 1 is 1.03 bits per heavy atom.